The summed E-state index contributed by atoms with van der Waals surface area (Å²) >= 11 is 1.53. The molecule has 0 aromatic carbocycles. The van der Waals surface area contributed by atoms with Crippen molar-refractivity contribution in [3.8, 4) is 0 Å². The molecule has 23 heavy (non-hydrogen) atoms. The van der Waals surface area contributed by atoms with Crippen molar-refractivity contribution in [3.63, 3.8) is 0 Å². The van der Waals surface area contributed by atoms with Crippen LogP contribution in [0, 0.1) is 0 Å². The Hall–Kier alpha value is -1.87. The number of rotatable bonds is 5. The van der Waals surface area contributed by atoms with Crippen LogP contribution in [0.5, 0.6) is 0 Å². The van der Waals surface area contributed by atoms with Crippen molar-refractivity contribution in [2.45, 2.75) is 12.2 Å². The van der Waals surface area contributed by atoms with Gasteiger partial charge in [-0.15, -0.1) is 11.3 Å². The van der Waals surface area contributed by atoms with Gasteiger partial charge in [0.05, 0.1) is 11.6 Å². The van der Waals surface area contributed by atoms with Gasteiger partial charge in [-0.1, -0.05) is 6.07 Å². The molecule has 1 N–H and O–H groups in total. The summed E-state index contributed by atoms with van der Waals surface area (Å²) in [5.41, 5.74) is -1.64. The van der Waals surface area contributed by atoms with E-state index < -0.39 is 23.3 Å². The number of halogens is 3. The zero-order chi connectivity index (χ0) is 17.2. The van der Waals surface area contributed by atoms with Crippen LogP contribution in [-0.2, 0) is 13.2 Å². The summed E-state index contributed by atoms with van der Waals surface area (Å²) in [6, 6.07) is 3.71. The molecule has 0 saturated heterocycles. The maximum Gasteiger partial charge on any atom is 0.435 e. The zero-order valence-corrected chi connectivity index (χ0v) is 13.7. The Bertz CT molecular complexity index is 664. The summed E-state index contributed by atoms with van der Waals surface area (Å²) in [6.07, 6.45) is -3.59. The predicted octanol–water partition coefficient (Wildman–Crippen LogP) is 2.53. The Morgan fingerprint density at radius 3 is 2.70 bits per heavy atom. The van der Waals surface area contributed by atoms with E-state index in [9.17, 15) is 18.0 Å². The molecule has 2 heterocycles. The van der Waals surface area contributed by atoms with E-state index in [1.54, 1.807) is 0 Å². The number of alkyl halides is 3. The fourth-order valence-corrected chi connectivity index (χ4v) is 3.09. The molecular weight excluding hydrogens is 329 g/mol. The third-order valence-electron chi connectivity index (χ3n) is 3.29. The van der Waals surface area contributed by atoms with Gasteiger partial charge in [-0.05, 0) is 25.5 Å². The smallest absolute Gasteiger partial charge is 0.350 e. The van der Waals surface area contributed by atoms with Crippen LogP contribution < -0.4 is 5.32 Å². The van der Waals surface area contributed by atoms with Crippen molar-refractivity contribution in [1.82, 2.24) is 20.0 Å². The molecule has 1 amide bonds. The molecule has 0 aliphatic rings. The summed E-state index contributed by atoms with van der Waals surface area (Å²) in [5, 5.41) is 7.82. The summed E-state index contributed by atoms with van der Waals surface area (Å²) < 4.78 is 39.7. The predicted molar refractivity (Wildman–Crippen MR) is 81.3 cm³/mol. The Kier molecular flexibility index (Phi) is 5.10. The molecule has 2 aromatic rings. The van der Waals surface area contributed by atoms with Crippen LogP contribution in [0.1, 0.15) is 27.0 Å². The van der Waals surface area contributed by atoms with Gasteiger partial charge in [0.25, 0.3) is 5.91 Å². The van der Waals surface area contributed by atoms with Crippen LogP contribution in [0.25, 0.3) is 0 Å². The number of nitrogens with one attached hydrogen (secondary N) is 1. The van der Waals surface area contributed by atoms with E-state index in [0.717, 1.165) is 15.8 Å². The average Bonchev–Trinajstić information content (AvgIpc) is 3.07. The molecule has 9 heteroatoms. The number of hydrogen-bond acceptors (Lipinski definition) is 4. The average molecular weight is 346 g/mol. The van der Waals surface area contributed by atoms with E-state index in [1.807, 2.05) is 36.5 Å². The molecule has 1 unspecified atom stereocenters. The van der Waals surface area contributed by atoms with Gasteiger partial charge in [-0.25, -0.2) is 0 Å². The number of amides is 1. The third kappa shape index (κ3) is 4.11. The van der Waals surface area contributed by atoms with Gasteiger partial charge >= 0.3 is 6.18 Å². The largest absolute Gasteiger partial charge is 0.435 e. The SMILES string of the molecule is CN(C)C(CNC(=O)c1cn(C)nc1C(F)(F)F)c1cccs1. The highest BCUT2D eigenvalue weighted by molar-refractivity contribution is 7.10. The van der Waals surface area contributed by atoms with Gasteiger partial charge in [0, 0.05) is 24.7 Å². The van der Waals surface area contributed by atoms with Crippen LogP contribution in [0.3, 0.4) is 0 Å². The quantitative estimate of drug-likeness (QED) is 0.905. The molecule has 0 bridgehead atoms. The van der Waals surface area contributed by atoms with Gasteiger partial charge in [0.1, 0.15) is 0 Å². The van der Waals surface area contributed by atoms with E-state index in [1.165, 1.54) is 18.4 Å². The number of aryl methyl sites for hydroxylation is 1. The second-order valence-electron chi connectivity index (χ2n) is 5.27. The van der Waals surface area contributed by atoms with Gasteiger partial charge in [0.2, 0.25) is 0 Å². The van der Waals surface area contributed by atoms with Gasteiger partial charge in [0.15, 0.2) is 5.69 Å². The molecule has 5 nitrogen and oxygen atoms in total. The van der Waals surface area contributed by atoms with E-state index in [2.05, 4.69) is 10.4 Å². The summed E-state index contributed by atoms with van der Waals surface area (Å²) in [5.74, 6) is -0.783. The second-order valence-corrected chi connectivity index (χ2v) is 6.25. The molecule has 0 aliphatic carbocycles. The first-order chi connectivity index (χ1) is 10.7. The van der Waals surface area contributed by atoms with Crippen molar-refractivity contribution in [1.29, 1.82) is 0 Å². The highest BCUT2D eigenvalue weighted by Crippen LogP contribution is 2.30. The first kappa shape index (κ1) is 17.5. The lowest BCUT2D eigenvalue weighted by Gasteiger charge is -2.23. The summed E-state index contributed by atoms with van der Waals surface area (Å²) in [7, 11) is 5.05. The molecule has 0 saturated carbocycles. The van der Waals surface area contributed by atoms with Crippen molar-refractivity contribution >= 4 is 17.2 Å². The standard InChI is InChI=1S/C14H17F3N4OS/c1-20(2)10(11-5-4-6-23-11)7-18-13(22)9-8-21(3)19-12(9)14(15,16)17/h4-6,8,10H,7H2,1-3H3,(H,18,22). The lowest BCUT2D eigenvalue weighted by atomic mass is 10.2. The number of hydrogen-bond donors (Lipinski definition) is 1. The number of carbonyl (C=O) groups is 1. The zero-order valence-electron chi connectivity index (χ0n) is 12.9. The minimum Gasteiger partial charge on any atom is -0.350 e. The van der Waals surface area contributed by atoms with Crippen LogP contribution in [0.2, 0.25) is 0 Å². The number of aromatic nitrogens is 2. The Morgan fingerprint density at radius 1 is 1.48 bits per heavy atom. The fraction of sp³-hybridized carbons (Fsp3) is 0.429. The van der Waals surface area contributed by atoms with E-state index >= 15 is 0 Å². The summed E-state index contributed by atoms with van der Waals surface area (Å²) in [4.78, 5) is 15.1. The molecule has 2 rings (SSSR count). The highest BCUT2D eigenvalue weighted by atomic mass is 32.1. The molecule has 0 aliphatic heterocycles. The van der Waals surface area contributed by atoms with Crippen molar-refractivity contribution in [2.24, 2.45) is 7.05 Å². The minimum atomic E-state index is -4.66. The maximum absolute atomic E-state index is 12.9. The van der Waals surface area contributed by atoms with Gasteiger partial charge < -0.3 is 10.2 Å². The normalized spacial score (nSPS) is 13.3. The Balaban J connectivity index is 2.13. The first-order valence-corrected chi connectivity index (χ1v) is 7.67. The highest BCUT2D eigenvalue weighted by Gasteiger charge is 2.39. The first-order valence-electron chi connectivity index (χ1n) is 6.79. The molecule has 0 spiro atoms. The summed E-state index contributed by atoms with van der Waals surface area (Å²) in [6.45, 7) is 0.207. The lowest BCUT2D eigenvalue weighted by Crippen LogP contribution is -2.34. The Morgan fingerprint density at radius 2 is 2.17 bits per heavy atom. The van der Waals surface area contributed by atoms with Crippen LogP contribution >= 0.6 is 11.3 Å². The minimum absolute atomic E-state index is 0.107. The van der Waals surface area contributed by atoms with Crippen LogP contribution in [-0.4, -0.2) is 41.2 Å². The molecule has 0 fully saturated rings. The molecule has 2 aromatic heterocycles. The van der Waals surface area contributed by atoms with E-state index in [-0.39, 0.29) is 12.6 Å². The maximum atomic E-state index is 12.9. The molecular formula is C14H17F3N4OS. The number of likely N-dealkylation sites (N-methyl/N-ethyl adjacent to an activating group) is 1. The van der Waals surface area contributed by atoms with Gasteiger partial charge in [-0.2, -0.15) is 18.3 Å². The Labute approximate surface area is 135 Å². The van der Waals surface area contributed by atoms with E-state index in [0.29, 0.717) is 0 Å². The number of carbonyl (C=O) groups excluding carboxylic acids is 1. The number of nitrogens with zero attached hydrogens (tertiary/aromatic N) is 3. The van der Waals surface area contributed by atoms with Crippen molar-refractivity contribution < 1.29 is 18.0 Å². The topological polar surface area (TPSA) is 50.2 Å². The van der Waals surface area contributed by atoms with Crippen LogP contribution in [0.4, 0.5) is 13.2 Å². The fourth-order valence-electron chi connectivity index (χ4n) is 2.17. The van der Waals surface area contributed by atoms with Gasteiger partial charge in [-0.3, -0.25) is 9.48 Å². The third-order valence-corrected chi connectivity index (χ3v) is 4.27. The van der Waals surface area contributed by atoms with Crippen molar-refractivity contribution in [2.75, 3.05) is 20.6 Å². The molecule has 0 radical (unpaired) electrons. The lowest BCUT2D eigenvalue weighted by molar-refractivity contribution is -0.141. The van der Waals surface area contributed by atoms with E-state index in [4.69, 9.17) is 0 Å². The van der Waals surface area contributed by atoms with Crippen molar-refractivity contribution in [3.05, 3.63) is 39.8 Å². The number of thiophene rings is 1. The monoisotopic (exact) mass is 346 g/mol. The van der Waals surface area contributed by atoms with Crippen LogP contribution in [0.15, 0.2) is 23.7 Å². The second kappa shape index (κ2) is 6.71. The molecule has 1 atom stereocenters. The molecule has 126 valence electrons.